The van der Waals surface area contributed by atoms with E-state index in [4.69, 9.17) is 0 Å². The Morgan fingerprint density at radius 3 is 1.67 bits per heavy atom. The van der Waals surface area contributed by atoms with E-state index < -0.39 is 0 Å². The minimum atomic E-state index is 0.229. The van der Waals surface area contributed by atoms with Crippen molar-refractivity contribution in [1.29, 1.82) is 0 Å². The average molecular weight is 103 g/mol. The molecule has 6 heavy (non-hydrogen) atoms. The van der Waals surface area contributed by atoms with Crippen molar-refractivity contribution < 1.29 is 0 Å². The molecule has 1 radical (unpaired) electrons. The summed E-state index contributed by atoms with van der Waals surface area (Å²) in [5.74, 6) is 0. The summed E-state index contributed by atoms with van der Waals surface area (Å²) in [4.78, 5) is 0. The second kappa shape index (κ2) is 2.58. The van der Waals surface area contributed by atoms with E-state index in [9.17, 15) is 0 Å². The monoisotopic (exact) mass is 103 g/mol. The SMILES string of the molecule is [CH2]C(C)P(C)C. The Morgan fingerprint density at radius 2 is 1.67 bits per heavy atom. The van der Waals surface area contributed by atoms with Gasteiger partial charge in [0.2, 0.25) is 0 Å². The smallest absolute Gasteiger partial charge is 0.0242 e. The summed E-state index contributed by atoms with van der Waals surface area (Å²) in [6, 6.07) is 0. The predicted molar refractivity (Wildman–Crippen MR) is 33.6 cm³/mol. The van der Waals surface area contributed by atoms with Crippen LogP contribution in [0.4, 0.5) is 0 Å². The number of hydrogen-bond acceptors (Lipinski definition) is 0. The van der Waals surface area contributed by atoms with Gasteiger partial charge in [-0.05, 0) is 25.9 Å². The highest BCUT2D eigenvalue weighted by atomic mass is 31.1. The van der Waals surface area contributed by atoms with E-state index in [0.29, 0.717) is 5.66 Å². The largest absolute Gasteiger partial charge is 0.110 e. The second-order valence-electron chi connectivity index (χ2n) is 1.81. The lowest BCUT2D eigenvalue weighted by atomic mass is 10.6. The molecule has 0 aromatic rings. The third-order valence-electron chi connectivity index (χ3n) is 0.882. The molecule has 1 unspecified atom stereocenters. The highest BCUT2D eigenvalue weighted by Crippen LogP contribution is 2.30. The molecule has 0 spiro atoms. The van der Waals surface area contributed by atoms with Gasteiger partial charge in [0, 0.05) is 0 Å². The molecule has 0 aliphatic heterocycles. The molecule has 1 atom stereocenters. The highest BCUT2D eigenvalue weighted by Gasteiger charge is 1.94. The Morgan fingerprint density at radius 1 is 1.50 bits per heavy atom. The zero-order valence-electron chi connectivity index (χ0n) is 4.73. The molecular weight excluding hydrogens is 91.0 g/mol. The van der Waals surface area contributed by atoms with Crippen LogP contribution in [0, 0.1) is 6.92 Å². The summed E-state index contributed by atoms with van der Waals surface area (Å²) in [7, 11) is 0.229. The van der Waals surface area contributed by atoms with Crippen LogP contribution in [0.1, 0.15) is 6.92 Å². The first kappa shape index (κ1) is 6.43. The minimum Gasteiger partial charge on any atom is -0.110 e. The summed E-state index contributed by atoms with van der Waals surface area (Å²) >= 11 is 0. The van der Waals surface area contributed by atoms with Crippen molar-refractivity contribution in [2.24, 2.45) is 0 Å². The molecule has 0 nitrogen and oxygen atoms in total. The molecular formula is C5H12P. The summed E-state index contributed by atoms with van der Waals surface area (Å²) < 4.78 is 0. The Kier molecular flexibility index (Phi) is 2.76. The van der Waals surface area contributed by atoms with Crippen molar-refractivity contribution >= 4 is 7.92 Å². The van der Waals surface area contributed by atoms with Gasteiger partial charge >= 0.3 is 0 Å². The first-order valence-corrected chi connectivity index (χ1v) is 4.44. The van der Waals surface area contributed by atoms with Gasteiger partial charge in [-0.3, -0.25) is 0 Å². The standard InChI is InChI=1S/C5H12P/c1-5(2)6(3)4/h5H,1H2,2-4H3. The topological polar surface area (TPSA) is 0 Å². The molecule has 1 heteroatoms. The first-order chi connectivity index (χ1) is 2.64. The fourth-order valence-electron chi connectivity index (χ4n) is 0. The Bertz CT molecular complexity index is 24.9. The van der Waals surface area contributed by atoms with Crippen molar-refractivity contribution in [3.05, 3.63) is 6.92 Å². The second-order valence-corrected chi connectivity index (χ2v) is 4.62. The zero-order valence-corrected chi connectivity index (χ0v) is 5.63. The molecule has 0 rings (SSSR count). The quantitative estimate of drug-likeness (QED) is 0.445. The van der Waals surface area contributed by atoms with E-state index in [1.165, 1.54) is 0 Å². The summed E-state index contributed by atoms with van der Waals surface area (Å²) in [5, 5.41) is 0. The highest BCUT2D eigenvalue weighted by molar-refractivity contribution is 7.56. The molecule has 0 aliphatic carbocycles. The van der Waals surface area contributed by atoms with Crippen LogP contribution in [0.25, 0.3) is 0 Å². The lowest BCUT2D eigenvalue weighted by Crippen LogP contribution is -1.87. The maximum atomic E-state index is 3.87. The maximum Gasteiger partial charge on any atom is -0.0242 e. The van der Waals surface area contributed by atoms with Gasteiger partial charge in [-0.1, -0.05) is 6.92 Å². The van der Waals surface area contributed by atoms with E-state index in [-0.39, 0.29) is 7.92 Å². The van der Waals surface area contributed by atoms with E-state index in [1.807, 2.05) is 0 Å². The van der Waals surface area contributed by atoms with E-state index in [2.05, 4.69) is 27.2 Å². The van der Waals surface area contributed by atoms with Gasteiger partial charge in [0.05, 0.1) is 0 Å². The van der Waals surface area contributed by atoms with Gasteiger partial charge < -0.3 is 0 Å². The molecule has 0 N–H and O–H groups in total. The minimum absolute atomic E-state index is 0.229. The summed E-state index contributed by atoms with van der Waals surface area (Å²) in [6.45, 7) is 10.5. The van der Waals surface area contributed by atoms with Crippen LogP contribution in [-0.4, -0.2) is 19.0 Å². The molecule has 0 aromatic carbocycles. The number of hydrogen-bond donors (Lipinski definition) is 0. The molecule has 0 saturated carbocycles. The van der Waals surface area contributed by atoms with Crippen molar-refractivity contribution in [3.63, 3.8) is 0 Å². The normalized spacial score (nSPS) is 11.0. The van der Waals surface area contributed by atoms with Gasteiger partial charge in [-0.25, -0.2) is 0 Å². The van der Waals surface area contributed by atoms with Crippen LogP contribution in [0.15, 0.2) is 0 Å². The van der Waals surface area contributed by atoms with Crippen LogP contribution in [0.3, 0.4) is 0 Å². The van der Waals surface area contributed by atoms with Gasteiger partial charge in [-0.2, -0.15) is 0 Å². The third-order valence-corrected chi connectivity index (χ3v) is 2.64. The molecule has 0 aliphatic rings. The summed E-state index contributed by atoms with van der Waals surface area (Å²) in [6.07, 6.45) is 0. The molecule has 0 amide bonds. The molecule has 0 bridgehead atoms. The van der Waals surface area contributed by atoms with Gasteiger partial charge in [0.1, 0.15) is 0 Å². The maximum absolute atomic E-state index is 3.87. The van der Waals surface area contributed by atoms with Crippen molar-refractivity contribution in [2.45, 2.75) is 12.6 Å². The fourth-order valence-corrected chi connectivity index (χ4v) is 0. The third kappa shape index (κ3) is 2.66. The van der Waals surface area contributed by atoms with Crippen molar-refractivity contribution in [2.75, 3.05) is 13.3 Å². The van der Waals surface area contributed by atoms with Crippen molar-refractivity contribution in [3.8, 4) is 0 Å². The van der Waals surface area contributed by atoms with Crippen LogP contribution in [-0.2, 0) is 0 Å². The predicted octanol–water partition coefficient (Wildman–Crippen LogP) is 1.95. The first-order valence-electron chi connectivity index (χ1n) is 2.14. The van der Waals surface area contributed by atoms with E-state index >= 15 is 0 Å². The summed E-state index contributed by atoms with van der Waals surface area (Å²) in [5.41, 5.74) is 0.667. The molecule has 0 fully saturated rings. The van der Waals surface area contributed by atoms with Gasteiger partial charge in [0.25, 0.3) is 0 Å². The Balaban J connectivity index is 2.99. The van der Waals surface area contributed by atoms with Crippen LogP contribution in [0.5, 0.6) is 0 Å². The average Bonchev–Trinajstić information content (AvgIpc) is 1.36. The lowest BCUT2D eigenvalue weighted by molar-refractivity contribution is 1.23. The zero-order chi connectivity index (χ0) is 5.15. The van der Waals surface area contributed by atoms with E-state index in [1.54, 1.807) is 0 Å². The van der Waals surface area contributed by atoms with Crippen molar-refractivity contribution in [1.82, 2.24) is 0 Å². The fraction of sp³-hybridized carbons (Fsp3) is 0.800. The molecule has 37 valence electrons. The van der Waals surface area contributed by atoms with E-state index in [0.717, 1.165) is 0 Å². The van der Waals surface area contributed by atoms with Gasteiger partial charge in [0.15, 0.2) is 0 Å². The van der Waals surface area contributed by atoms with Gasteiger partial charge in [-0.15, -0.1) is 7.92 Å². The van der Waals surface area contributed by atoms with Crippen LogP contribution >= 0.6 is 7.92 Å². The Labute approximate surface area is 41.7 Å². The Hall–Kier alpha value is 0.430. The molecule has 0 aromatic heterocycles. The number of rotatable bonds is 1. The molecule has 0 heterocycles. The molecule has 0 saturated heterocycles. The lowest BCUT2D eigenvalue weighted by Gasteiger charge is -2.06. The van der Waals surface area contributed by atoms with Crippen LogP contribution < -0.4 is 0 Å². The van der Waals surface area contributed by atoms with Crippen LogP contribution in [0.2, 0.25) is 0 Å².